The first-order chi connectivity index (χ1) is 7.88. The standard InChI is InChI=1S/C12H16N2OS/c1-2-10-3-4-11(15-10)9-13-6-5-12-14-7-8-16-12/h3-4,7-8,13H,2,5-6,9H2,1H3. The van der Waals surface area contributed by atoms with E-state index in [0.717, 1.165) is 37.5 Å². The monoisotopic (exact) mass is 236 g/mol. The molecule has 0 aliphatic carbocycles. The molecule has 0 bridgehead atoms. The molecule has 0 fully saturated rings. The van der Waals surface area contributed by atoms with Crippen LogP contribution in [0.2, 0.25) is 0 Å². The van der Waals surface area contributed by atoms with Gasteiger partial charge in [0.25, 0.3) is 0 Å². The lowest BCUT2D eigenvalue weighted by Gasteiger charge is -2.00. The molecular weight excluding hydrogens is 220 g/mol. The van der Waals surface area contributed by atoms with E-state index in [4.69, 9.17) is 4.42 Å². The van der Waals surface area contributed by atoms with Crippen molar-refractivity contribution in [2.45, 2.75) is 26.3 Å². The summed E-state index contributed by atoms with van der Waals surface area (Å²) in [6.07, 6.45) is 3.79. The Kier molecular flexibility index (Phi) is 4.13. The van der Waals surface area contributed by atoms with Crippen molar-refractivity contribution in [1.82, 2.24) is 10.3 Å². The van der Waals surface area contributed by atoms with Gasteiger partial charge < -0.3 is 9.73 Å². The first kappa shape index (κ1) is 11.4. The molecule has 4 heteroatoms. The van der Waals surface area contributed by atoms with Gasteiger partial charge >= 0.3 is 0 Å². The maximum atomic E-state index is 5.59. The Labute approximate surface area is 99.5 Å². The summed E-state index contributed by atoms with van der Waals surface area (Å²) in [4.78, 5) is 4.23. The molecule has 0 unspecified atom stereocenters. The average molecular weight is 236 g/mol. The van der Waals surface area contributed by atoms with Gasteiger partial charge in [-0.2, -0.15) is 0 Å². The fraction of sp³-hybridized carbons (Fsp3) is 0.417. The zero-order valence-corrected chi connectivity index (χ0v) is 10.2. The molecule has 2 aromatic heterocycles. The predicted octanol–water partition coefficient (Wildman–Crippen LogP) is 2.63. The third-order valence-corrected chi connectivity index (χ3v) is 3.20. The Morgan fingerprint density at radius 3 is 2.94 bits per heavy atom. The van der Waals surface area contributed by atoms with Crippen molar-refractivity contribution in [3.05, 3.63) is 40.2 Å². The van der Waals surface area contributed by atoms with Crippen LogP contribution in [-0.2, 0) is 19.4 Å². The predicted molar refractivity (Wildman–Crippen MR) is 65.6 cm³/mol. The van der Waals surface area contributed by atoms with Crippen molar-refractivity contribution in [2.75, 3.05) is 6.54 Å². The van der Waals surface area contributed by atoms with Crippen molar-refractivity contribution >= 4 is 11.3 Å². The summed E-state index contributed by atoms with van der Waals surface area (Å²) < 4.78 is 5.59. The fourth-order valence-corrected chi connectivity index (χ4v) is 2.11. The van der Waals surface area contributed by atoms with Crippen molar-refractivity contribution < 1.29 is 4.42 Å². The molecule has 1 N–H and O–H groups in total. The molecule has 0 atom stereocenters. The molecule has 2 heterocycles. The van der Waals surface area contributed by atoms with Crippen LogP contribution >= 0.6 is 11.3 Å². The summed E-state index contributed by atoms with van der Waals surface area (Å²) in [5.74, 6) is 2.06. The molecule has 86 valence electrons. The van der Waals surface area contributed by atoms with E-state index in [1.807, 2.05) is 23.7 Å². The zero-order chi connectivity index (χ0) is 11.2. The summed E-state index contributed by atoms with van der Waals surface area (Å²) in [5.41, 5.74) is 0. The average Bonchev–Trinajstić information content (AvgIpc) is 2.95. The van der Waals surface area contributed by atoms with E-state index in [0.29, 0.717) is 0 Å². The first-order valence-electron chi connectivity index (χ1n) is 5.55. The normalized spacial score (nSPS) is 10.8. The zero-order valence-electron chi connectivity index (χ0n) is 9.40. The van der Waals surface area contributed by atoms with Gasteiger partial charge in [-0.15, -0.1) is 11.3 Å². The van der Waals surface area contributed by atoms with Gasteiger partial charge in [0, 0.05) is 31.0 Å². The second kappa shape index (κ2) is 5.82. The second-order valence-electron chi connectivity index (χ2n) is 3.57. The molecular formula is C12H16N2OS. The van der Waals surface area contributed by atoms with Crippen LogP contribution < -0.4 is 5.32 Å². The minimum atomic E-state index is 0.797. The second-order valence-corrected chi connectivity index (χ2v) is 4.55. The van der Waals surface area contributed by atoms with Crippen LogP contribution in [0.5, 0.6) is 0 Å². The highest BCUT2D eigenvalue weighted by molar-refractivity contribution is 7.09. The Balaban J connectivity index is 1.68. The maximum Gasteiger partial charge on any atom is 0.117 e. The number of aryl methyl sites for hydroxylation is 1. The van der Waals surface area contributed by atoms with E-state index in [-0.39, 0.29) is 0 Å². The largest absolute Gasteiger partial charge is 0.465 e. The quantitative estimate of drug-likeness (QED) is 0.783. The van der Waals surface area contributed by atoms with Gasteiger partial charge in [-0.05, 0) is 12.1 Å². The highest BCUT2D eigenvalue weighted by atomic mass is 32.1. The molecule has 0 spiro atoms. The molecule has 16 heavy (non-hydrogen) atoms. The first-order valence-corrected chi connectivity index (χ1v) is 6.43. The lowest BCUT2D eigenvalue weighted by molar-refractivity contribution is 0.451. The van der Waals surface area contributed by atoms with Crippen LogP contribution in [-0.4, -0.2) is 11.5 Å². The third-order valence-electron chi connectivity index (χ3n) is 2.36. The van der Waals surface area contributed by atoms with Gasteiger partial charge in [-0.1, -0.05) is 6.92 Å². The molecule has 0 aliphatic heterocycles. The number of furan rings is 1. The number of thiazole rings is 1. The van der Waals surface area contributed by atoms with E-state index in [1.54, 1.807) is 11.3 Å². The maximum absolute atomic E-state index is 5.59. The van der Waals surface area contributed by atoms with Crippen molar-refractivity contribution in [2.24, 2.45) is 0 Å². The molecule has 0 aromatic carbocycles. The van der Waals surface area contributed by atoms with Crippen LogP contribution in [0.4, 0.5) is 0 Å². The van der Waals surface area contributed by atoms with Gasteiger partial charge in [0.1, 0.15) is 11.5 Å². The van der Waals surface area contributed by atoms with E-state index in [2.05, 4.69) is 17.2 Å². The van der Waals surface area contributed by atoms with E-state index >= 15 is 0 Å². The summed E-state index contributed by atoms with van der Waals surface area (Å²) >= 11 is 1.70. The third kappa shape index (κ3) is 3.18. The Morgan fingerprint density at radius 1 is 1.38 bits per heavy atom. The molecule has 2 rings (SSSR count). The number of aromatic nitrogens is 1. The Morgan fingerprint density at radius 2 is 2.25 bits per heavy atom. The van der Waals surface area contributed by atoms with Crippen LogP contribution in [0.1, 0.15) is 23.5 Å². The summed E-state index contributed by atoms with van der Waals surface area (Å²) in [6, 6.07) is 4.08. The minimum absolute atomic E-state index is 0.797. The van der Waals surface area contributed by atoms with Crippen molar-refractivity contribution in [3.8, 4) is 0 Å². The van der Waals surface area contributed by atoms with E-state index < -0.39 is 0 Å². The smallest absolute Gasteiger partial charge is 0.117 e. The van der Waals surface area contributed by atoms with E-state index in [9.17, 15) is 0 Å². The summed E-state index contributed by atoms with van der Waals surface area (Å²) in [6.45, 7) is 3.83. The summed E-state index contributed by atoms with van der Waals surface area (Å²) in [5, 5.41) is 6.54. The molecule has 0 amide bonds. The SMILES string of the molecule is CCc1ccc(CNCCc2nccs2)o1. The number of hydrogen-bond donors (Lipinski definition) is 1. The fourth-order valence-electron chi connectivity index (χ4n) is 1.49. The van der Waals surface area contributed by atoms with Crippen LogP contribution in [0, 0.1) is 0 Å². The number of hydrogen-bond acceptors (Lipinski definition) is 4. The number of nitrogens with one attached hydrogen (secondary N) is 1. The Hall–Kier alpha value is -1.13. The highest BCUT2D eigenvalue weighted by Gasteiger charge is 2.00. The molecule has 3 nitrogen and oxygen atoms in total. The van der Waals surface area contributed by atoms with E-state index in [1.165, 1.54) is 5.01 Å². The number of nitrogens with zero attached hydrogens (tertiary/aromatic N) is 1. The lowest BCUT2D eigenvalue weighted by atomic mass is 10.3. The number of rotatable bonds is 6. The van der Waals surface area contributed by atoms with Gasteiger partial charge in [0.05, 0.1) is 11.6 Å². The van der Waals surface area contributed by atoms with Gasteiger partial charge in [0.2, 0.25) is 0 Å². The Bertz CT molecular complexity index is 408. The minimum Gasteiger partial charge on any atom is -0.465 e. The van der Waals surface area contributed by atoms with Crippen molar-refractivity contribution in [1.29, 1.82) is 0 Å². The van der Waals surface area contributed by atoms with Crippen LogP contribution in [0.3, 0.4) is 0 Å². The lowest BCUT2D eigenvalue weighted by Crippen LogP contribution is -2.16. The molecule has 0 aliphatic rings. The topological polar surface area (TPSA) is 38.1 Å². The van der Waals surface area contributed by atoms with Gasteiger partial charge in [-0.3, -0.25) is 0 Å². The van der Waals surface area contributed by atoms with Crippen LogP contribution in [0.15, 0.2) is 28.1 Å². The van der Waals surface area contributed by atoms with Gasteiger partial charge in [0.15, 0.2) is 0 Å². The summed E-state index contributed by atoms with van der Waals surface area (Å²) in [7, 11) is 0. The van der Waals surface area contributed by atoms with Crippen molar-refractivity contribution in [3.63, 3.8) is 0 Å². The highest BCUT2D eigenvalue weighted by Crippen LogP contribution is 2.08. The molecule has 0 radical (unpaired) electrons. The van der Waals surface area contributed by atoms with Gasteiger partial charge in [-0.25, -0.2) is 4.98 Å². The molecule has 0 saturated heterocycles. The molecule has 0 saturated carbocycles. The molecule has 2 aromatic rings. The van der Waals surface area contributed by atoms with Crippen LogP contribution in [0.25, 0.3) is 0 Å².